The van der Waals surface area contributed by atoms with E-state index >= 15 is 0 Å². The quantitative estimate of drug-likeness (QED) is 0.774. The van der Waals surface area contributed by atoms with Crippen molar-refractivity contribution in [3.63, 3.8) is 0 Å². The molecule has 1 amide bonds. The molecule has 0 aliphatic carbocycles. The van der Waals surface area contributed by atoms with Gasteiger partial charge in [-0.2, -0.15) is 0 Å². The Hall–Kier alpha value is -1.55. The van der Waals surface area contributed by atoms with Crippen LogP contribution in [0, 0.1) is 5.92 Å². The van der Waals surface area contributed by atoms with Crippen LogP contribution in [0.15, 0.2) is 24.3 Å². The monoisotopic (exact) mass is 275 g/mol. The predicted molar refractivity (Wildman–Crippen MR) is 82.8 cm³/mol. The van der Waals surface area contributed by atoms with Crippen molar-refractivity contribution in [1.29, 1.82) is 0 Å². The van der Waals surface area contributed by atoms with Gasteiger partial charge in [-0.3, -0.25) is 4.79 Å². The lowest BCUT2D eigenvalue weighted by Crippen LogP contribution is -2.44. The molecule has 2 rings (SSSR count). The van der Waals surface area contributed by atoms with Gasteiger partial charge in [0.05, 0.1) is 6.04 Å². The van der Waals surface area contributed by atoms with Crippen molar-refractivity contribution in [2.24, 2.45) is 11.7 Å². The summed E-state index contributed by atoms with van der Waals surface area (Å²) >= 11 is 0. The number of fused-ring (bicyclic) bond motifs is 1. The van der Waals surface area contributed by atoms with Crippen molar-refractivity contribution in [2.75, 3.05) is 24.5 Å². The third-order valence-corrected chi connectivity index (χ3v) is 3.91. The highest BCUT2D eigenvalue weighted by atomic mass is 16.2. The summed E-state index contributed by atoms with van der Waals surface area (Å²) in [6.07, 6.45) is 2.08. The summed E-state index contributed by atoms with van der Waals surface area (Å²) in [6, 6.07) is 8.15. The van der Waals surface area contributed by atoms with Crippen LogP contribution in [-0.4, -0.2) is 31.6 Å². The van der Waals surface area contributed by atoms with E-state index in [9.17, 15) is 4.79 Å². The Bertz CT molecular complexity index is 459. The van der Waals surface area contributed by atoms with Gasteiger partial charge in [0.15, 0.2) is 0 Å². The number of carbonyl (C=O) groups excluding carboxylic acids is 1. The first-order valence-electron chi connectivity index (χ1n) is 7.45. The van der Waals surface area contributed by atoms with Crippen LogP contribution in [0.25, 0.3) is 0 Å². The third kappa shape index (κ3) is 3.51. The van der Waals surface area contributed by atoms with Gasteiger partial charge in [-0.25, -0.2) is 0 Å². The molecule has 4 nitrogen and oxygen atoms in total. The highest BCUT2D eigenvalue weighted by molar-refractivity contribution is 5.81. The number of amides is 1. The Morgan fingerprint density at radius 2 is 2.15 bits per heavy atom. The van der Waals surface area contributed by atoms with Gasteiger partial charge in [-0.1, -0.05) is 32.0 Å². The van der Waals surface area contributed by atoms with Crippen LogP contribution < -0.4 is 16.0 Å². The number of para-hydroxylation sites is 1. The van der Waals surface area contributed by atoms with E-state index in [1.54, 1.807) is 0 Å². The Morgan fingerprint density at radius 1 is 1.40 bits per heavy atom. The molecular formula is C16H25N3O. The van der Waals surface area contributed by atoms with Crippen LogP contribution >= 0.6 is 0 Å². The summed E-state index contributed by atoms with van der Waals surface area (Å²) in [7, 11) is 0. The number of benzene rings is 1. The molecule has 1 aliphatic heterocycles. The highest BCUT2D eigenvalue weighted by Crippen LogP contribution is 2.27. The Labute approximate surface area is 121 Å². The summed E-state index contributed by atoms with van der Waals surface area (Å²) in [6.45, 7) is 6.68. The Kier molecular flexibility index (Phi) is 5.01. The fraction of sp³-hybridized carbons (Fsp3) is 0.562. The molecule has 0 fully saturated rings. The number of nitrogens with one attached hydrogen (secondary N) is 1. The summed E-state index contributed by atoms with van der Waals surface area (Å²) in [4.78, 5) is 14.1. The fourth-order valence-corrected chi connectivity index (χ4v) is 2.54. The first-order chi connectivity index (χ1) is 9.59. The van der Waals surface area contributed by atoms with Gasteiger partial charge in [0.2, 0.25) is 5.91 Å². The van der Waals surface area contributed by atoms with E-state index in [1.807, 2.05) is 13.8 Å². The van der Waals surface area contributed by atoms with E-state index in [4.69, 9.17) is 5.73 Å². The van der Waals surface area contributed by atoms with Gasteiger partial charge in [0, 0.05) is 25.3 Å². The summed E-state index contributed by atoms with van der Waals surface area (Å²) in [5, 5.41) is 2.92. The van der Waals surface area contributed by atoms with Gasteiger partial charge in [-0.15, -0.1) is 0 Å². The molecule has 0 radical (unpaired) electrons. The zero-order chi connectivity index (χ0) is 14.5. The molecule has 0 saturated heterocycles. The van der Waals surface area contributed by atoms with E-state index in [1.165, 1.54) is 11.3 Å². The molecule has 20 heavy (non-hydrogen) atoms. The van der Waals surface area contributed by atoms with Crippen molar-refractivity contribution in [1.82, 2.24) is 5.32 Å². The molecule has 0 bridgehead atoms. The molecule has 1 aromatic rings. The highest BCUT2D eigenvalue weighted by Gasteiger charge is 2.18. The van der Waals surface area contributed by atoms with Crippen LogP contribution in [0.2, 0.25) is 0 Å². The average molecular weight is 275 g/mol. The number of nitrogens with zero attached hydrogens (tertiary/aromatic N) is 1. The van der Waals surface area contributed by atoms with Crippen molar-refractivity contribution < 1.29 is 4.79 Å². The number of carbonyl (C=O) groups is 1. The molecule has 110 valence electrons. The number of hydrogen-bond acceptors (Lipinski definition) is 3. The maximum Gasteiger partial charge on any atom is 0.237 e. The second kappa shape index (κ2) is 6.75. The largest absolute Gasteiger partial charge is 0.371 e. The molecule has 3 N–H and O–H groups in total. The van der Waals surface area contributed by atoms with Gasteiger partial charge < -0.3 is 16.0 Å². The summed E-state index contributed by atoms with van der Waals surface area (Å²) in [5.74, 6) is 0.141. The second-order valence-electron chi connectivity index (χ2n) is 5.78. The number of anilines is 1. The minimum atomic E-state index is -0.400. The topological polar surface area (TPSA) is 58.4 Å². The Balaban J connectivity index is 1.71. The lowest BCUT2D eigenvalue weighted by molar-refractivity contribution is -0.123. The Morgan fingerprint density at radius 3 is 2.90 bits per heavy atom. The van der Waals surface area contributed by atoms with Gasteiger partial charge >= 0.3 is 0 Å². The maximum absolute atomic E-state index is 11.7. The third-order valence-electron chi connectivity index (χ3n) is 3.91. The second-order valence-corrected chi connectivity index (χ2v) is 5.78. The van der Waals surface area contributed by atoms with E-state index in [-0.39, 0.29) is 11.8 Å². The first kappa shape index (κ1) is 14.9. The van der Waals surface area contributed by atoms with Crippen LogP contribution in [0.4, 0.5) is 5.69 Å². The average Bonchev–Trinajstić information content (AvgIpc) is 2.85. The van der Waals surface area contributed by atoms with E-state index in [0.29, 0.717) is 6.54 Å². The zero-order valence-electron chi connectivity index (χ0n) is 12.4. The van der Waals surface area contributed by atoms with Gasteiger partial charge in [-0.05, 0) is 30.4 Å². The minimum absolute atomic E-state index is 0.0400. The molecule has 1 heterocycles. The smallest absolute Gasteiger partial charge is 0.237 e. The number of nitrogens with two attached hydrogens (primary N) is 1. The maximum atomic E-state index is 11.7. The standard InChI is InChI=1S/C16H25N3O/c1-12(2)15(17)16(20)18-9-5-10-19-11-8-13-6-3-4-7-14(13)19/h3-4,6-7,12,15H,5,8-11,17H2,1-2H3,(H,18,20)/t15-/m0/s1. The fourth-order valence-electron chi connectivity index (χ4n) is 2.54. The van der Waals surface area contributed by atoms with Crippen molar-refractivity contribution >= 4 is 11.6 Å². The molecule has 0 aromatic heterocycles. The number of hydrogen-bond donors (Lipinski definition) is 2. The zero-order valence-corrected chi connectivity index (χ0v) is 12.4. The molecule has 0 saturated carbocycles. The van der Waals surface area contributed by atoms with Gasteiger partial charge in [0.1, 0.15) is 0 Å². The van der Waals surface area contributed by atoms with Crippen LogP contribution in [-0.2, 0) is 11.2 Å². The lowest BCUT2D eigenvalue weighted by atomic mass is 10.1. The van der Waals surface area contributed by atoms with Crippen LogP contribution in [0.5, 0.6) is 0 Å². The van der Waals surface area contributed by atoms with Gasteiger partial charge in [0.25, 0.3) is 0 Å². The van der Waals surface area contributed by atoms with Crippen molar-refractivity contribution in [3.05, 3.63) is 29.8 Å². The number of rotatable bonds is 6. The molecule has 1 aromatic carbocycles. The molecule has 1 atom stereocenters. The normalized spacial score (nSPS) is 15.3. The van der Waals surface area contributed by atoms with E-state index < -0.39 is 6.04 Å². The molecule has 0 unspecified atom stereocenters. The first-order valence-corrected chi connectivity index (χ1v) is 7.45. The summed E-state index contributed by atoms with van der Waals surface area (Å²) < 4.78 is 0. The van der Waals surface area contributed by atoms with Crippen molar-refractivity contribution in [2.45, 2.75) is 32.7 Å². The predicted octanol–water partition coefficient (Wildman–Crippen LogP) is 1.54. The van der Waals surface area contributed by atoms with Crippen molar-refractivity contribution in [3.8, 4) is 0 Å². The molecular weight excluding hydrogens is 250 g/mol. The lowest BCUT2D eigenvalue weighted by Gasteiger charge is -2.20. The summed E-state index contributed by atoms with van der Waals surface area (Å²) in [5.41, 5.74) is 8.58. The van der Waals surface area contributed by atoms with E-state index in [0.717, 1.165) is 25.9 Å². The minimum Gasteiger partial charge on any atom is -0.371 e. The molecule has 1 aliphatic rings. The molecule has 4 heteroatoms. The molecule has 0 spiro atoms. The SMILES string of the molecule is CC(C)[C@H](N)C(=O)NCCCN1CCc2ccccc21. The van der Waals surface area contributed by atoms with Crippen LogP contribution in [0.3, 0.4) is 0 Å². The van der Waals surface area contributed by atoms with E-state index in [2.05, 4.69) is 34.5 Å². The van der Waals surface area contributed by atoms with Crippen LogP contribution in [0.1, 0.15) is 25.8 Å².